The maximum Gasteiger partial charge on any atom is 0.229 e. The number of fused-ring (bicyclic) bond motifs is 1. The Morgan fingerprint density at radius 1 is 0.839 bits per heavy atom. The summed E-state index contributed by atoms with van der Waals surface area (Å²) < 4.78 is 0. The van der Waals surface area contributed by atoms with Gasteiger partial charge in [0.2, 0.25) is 5.95 Å². The summed E-state index contributed by atoms with van der Waals surface area (Å²) in [5.41, 5.74) is 7.88. The van der Waals surface area contributed by atoms with Crippen LogP contribution in [0.25, 0.3) is 0 Å². The molecule has 5 heteroatoms. The Balaban J connectivity index is 1.81. The molecule has 3 aromatic rings. The molecule has 0 saturated carbocycles. The lowest BCUT2D eigenvalue weighted by molar-refractivity contribution is 0.0911. The van der Waals surface area contributed by atoms with Gasteiger partial charge in [-0.25, -0.2) is 4.98 Å². The molecular formula is C26H30N4O. The fourth-order valence-corrected chi connectivity index (χ4v) is 4.19. The third-order valence-electron chi connectivity index (χ3n) is 6.04. The van der Waals surface area contributed by atoms with Crippen molar-refractivity contribution in [3.05, 3.63) is 69.9 Å². The average Bonchev–Trinajstić information content (AvgIpc) is 2.66. The van der Waals surface area contributed by atoms with E-state index in [0.29, 0.717) is 23.8 Å². The number of benzene rings is 2. The SMILES string of the molecule is Cc1ccc(Nc2nc3c(c(Nc4c(C)cccc4C)n2)C(=O)CC(C)(C)C3)cc1C. The summed E-state index contributed by atoms with van der Waals surface area (Å²) in [5, 5.41) is 6.81. The number of carbonyl (C=O) groups is 1. The lowest BCUT2D eigenvalue weighted by Crippen LogP contribution is -2.29. The number of carbonyl (C=O) groups excluding carboxylic acids is 1. The summed E-state index contributed by atoms with van der Waals surface area (Å²) in [4.78, 5) is 22.6. The number of rotatable bonds is 4. The predicted octanol–water partition coefficient (Wildman–Crippen LogP) is 6.35. The molecule has 2 aromatic carbocycles. The zero-order valence-electron chi connectivity index (χ0n) is 19.2. The third kappa shape index (κ3) is 4.31. The highest BCUT2D eigenvalue weighted by atomic mass is 16.1. The zero-order chi connectivity index (χ0) is 22.3. The normalized spacial score (nSPS) is 14.8. The van der Waals surface area contributed by atoms with E-state index in [1.54, 1.807) is 0 Å². The summed E-state index contributed by atoms with van der Waals surface area (Å²) in [7, 11) is 0. The highest BCUT2D eigenvalue weighted by Crippen LogP contribution is 2.38. The van der Waals surface area contributed by atoms with Crippen LogP contribution in [0.4, 0.5) is 23.1 Å². The van der Waals surface area contributed by atoms with Gasteiger partial charge in [-0.3, -0.25) is 4.79 Å². The van der Waals surface area contributed by atoms with E-state index in [9.17, 15) is 4.79 Å². The first-order valence-corrected chi connectivity index (χ1v) is 10.7. The number of nitrogens with zero attached hydrogens (tertiary/aromatic N) is 2. The smallest absolute Gasteiger partial charge is 0.229 e. The van der Waals surface area contributed by atoms with Gasteiger partial charge < -0.3 is 10.6 Å². The van der Waals surface area contributed by atoms with Crippen LogP contribution in [0.3, 0.4) is 0 Å². The van der Waals surface area contributed by atoms with Crippen molar-refractivity contribution >= 4 is 28.9 Å². The van der Waals surface area contributed by atoms with Crippen LogP contribution in [0.1, 0.15) is 58.6 Å². The van der Waals surface area contributed by atoms with Gasteiger partial charge in [0, 0.05) is 17.8 Å². The van der Waals surface area contributed by atoms with E-state index in [1.165, 1.54) is 11.1 Å². The minimum absolute atomic E-state index is 0.0951. The Morgan fingerprint density at radius 3 is 2.23 bits per heavy atom. The highest BCUT2D eigenvalue weighted by Gasteiger charge is 2.35. The topological polar surface area (TPSA) is 66.9 Å². The number of anilines is 4. The largest absolute Gasteiger partial charge is 0.339 e. The molecule has 0 aliphatic heterocycles. The standard InChI is InChI=1S/C26H30N4O/c1-15-10-11-19(12-18(15)4)27-25-28-20-13-26(5,6)14-21(31)22(20)24(30-25)29-23-16(2)8-7-9-17(23)3/h7-12H,13-14H2,1-6H3,(H2,27,28,29,30). The number of hydrogen-bond donors (Lipinski definition) is 2. The lowest BCUT2D eigenvalue weighted by Gasteiger charge is -2.30. The lowest BCUT2D eigenvalue weighted by atomic mass is 9.75. The summed E-state index contributed by atoms with van der Waals surface area (Å²) in [5.74, 6) is 1.17. The molecule has 5 nitrogen and oxygen atoms in total. The van der Waals surface area contributed by atoms with E-state index in [-0.39, 0.29) is 11.2 Å². The number of nitrogens with one attached hydrogen (secondary N) is 2. The van der Waals surface area contributed by atoms with Crippen molar-refractivity contribution in [2.45, 2.75) is 54.4 Å². The van der Waals surface area contributed by atoms with Crippen LogP contribution in [-0.2, 0) is 6.42 Å². The Hall–Kier alpha value is -3.21. The number of Topliss-reactive ketones (excluding diaryl/α,β-unsaturated/α-hetero) is 1. The van der Waals surface area contributed by atoms with Gasteiger partial charge in [0.1, 0.15) is 5.82 Å². The zero-order valence-corrected chi connectivity index (χ0v) is 19.2. The van der Waals surface area contributed by atoms with Gasteiger partial charge in [0.05, 0.1) is 11.3 Å². The first-order chi connectivity index (χ1) is 14.6. The molecule has 0 amide bonds. The van der Waals surface area contributed by atoms with Crippen LogP contribution in [-0.4, -0.2) is 15.8 Å². The highest BCUT2D eigenvalue weighted by molar-refractivity contribution is 6.03. The fraction of sp³-hybridized carbons (Fsp3) is 0.346. The summed E-state index contributed by atoms with van der Waals surface area (Å²) in [6.45, 7) is 12.5. The molecule has 0 saturated heterocycles. The van der Waals surface area contributed by atoms with Crippen LogP contribution in [0.15, 0.2) is 36.4 Å². The van der Waals surface area contributed by atoms with E-state index in [4.69, 9.17) is 9.97 Å². The van der Waals surface area contributed by atoms with E-state index < -0.39 is 0 Å². The second-order valence-corrected chi connectivity index (χ2v) is 9.47. The molecule has 160 valence electrons. The number of ketones is 1. The van der Waals surface area contributed by atoms with Crippen molar-refractivity contribution in [1.29, 1.82) is 0 Å². The number of aromatic nitrogens is 2. The first kappa shape index (κ1) is 21.0. The van der Waals surface area contributed by atoms with Crippen molar-refractivity contribution in [2.24, 2.45) is 5.41 Å². The second-order valence-electron chi connectivity index (χ2n) is 9.47. The number of hydrogen-bond acceptors (Lipinski definition) is 5. The van der Waals surface area contributed by atoms with Crippen molar-refractivity contribution in [2.75, 3.05) is 10.6 Å². The maximum absolute atomic E-state index is 13.1. The second kappa shape index (κ2) is 7.80. The fourth-order valence-electron chi connectivity index (χ4n) is 4.19. The van der Waals surface area contributed by atoms with Gasteiger partial charge in [-0.1, -0.05) is 38.1 Å². The maximum atomic E-state index is 13.1. The van der Waals surface area contributed by atoms with Crippen LogP contribution < -0.4 is 10.6 Å². The molecular weight excluding hydrogens is 384 g/mol. The molecule has 0 spiro atoms. The number of para-hydroxylation sites is 1. The molecule has 0 radical (unpaired) electrons. The van der Waals surface area contributed by atoms with Gasteiger partial charge >= 0.3 is 0 Å². The molecule has 2 N–H and O–H groups in total. The minimum atomic E-state index is -0.119. The van der Waals surface area contributed by atoms with Crippen LogP contribution in [0, 0.1) is 33.1 Å². The van der Waals surface area contributed by atoms with Gasteiger partial charge in [-0.2, -0.15) is 4.98 Å². The van der Waals surface area contributed by atoms with E-state index in [0.717, 1.165) is 34.6 Å². The molecule has 1 aliphatic carbocycles. The van der Waals surface area contributed by atoms with Crippen molar-refractivity contribution in [3.8, 4) is 0 Å². The molecule has 1 heterocycles. The summed E-state index contributed by atoms with van der Waals surface area (Å²) in [6, 6.07) is 12.3. The molecule has 1 aliphatic rings. The Morgan fingerprint density at radius 2 is 1.55 bits per heavy atom. The molecule has 1 aromatic heterocycles. The van der Waals surface area contributed by atoms with E-state index in [1.807, 2.05) is 12.1 Å². The number of aryl methyl sites for hydroxylation is 4. The van der Waals surface area contributed by atoms with Crippen LogP contribution in [0.5, 0.6) is 0 Å². The van der Waals surface area contributed by atoms with Gasteiger partial charge in [0.15, 0.2) is 5.78 Å². The van der Waals surface area contributed by atoms with Crippen molar-refractivity contribution < 1.29 is 4.79 Å². The Labute approximate surface area is 184 Å². The van der Waals surface area contributed by atoms with Gasteiger partial charge in [-0.05, 0) is 73.9 Å². The van der Waals surface area contributed by atoms with Crippen LogP contribution >= 0.6 is 0 Å². The first-order valence-electron chi connectivity index (χ1n) is 10.7. The molecule has 31 heavy (non-hydrogen) atoms. The summed E-state index contributed by atoms with van der Waals surface area (Å²) in [6.07, 6.45) is 1.23. The van der Waals surface area contributed by atoms with Gasteiger partial charge in [-0.15, -0.1) is 0 Å². The molecule has 4 rings (SSSR count). The average molecular weight is 415 g/mol. The Bertz CT molecular complexity index is 1160. The Kier molecular flexibility index (Phi) is 5.29. The quantitative estimate of drug-likeness (QED) is 0.520. The van der Waals surface area contributed by atoms with E-state index in [2.05, 4.69) is 76.4 Å². The monoisotopic (exact) mass is 414 g/mol. The van der Waals surface area contributed by atoms with Crippen molar-refractivity contribution in [3.63, 3.8) is 0 Å². The summed E-state index contributed by atoms with van der Waals surface area (Å²) >= 11 is 0. The molecule has 0 atom stereocenters. The third-order valence-corrected chi connectivity index (χ3v) is 6.04. The molecule has 0 bridgehead atoms. The van der Waals surface area contributed by atoms with E-state index >= 15 is 0 Å². The molecule has 0 unspecified atom stereocenters. The van der Waals surface area contributed by atoms with Crippen LogP contribution in [0.2, 0.25) is 0 Å². The van der Waals surface area contributed by atoms with Gasteiger partial charge in [0.25, 0.3) is 0 Å². The predicted molar refractivity (Wildman–Crippen MR) is 127 cm³/mol. The molecule has 0 fully saturated rings. The van der Waals surface area contributed by atoms with Crippen molar-refractivity contribution in [1.82, 2.24) is 9.97 Å². The minimum Gasteiger partial charge on any atom is -0.339 e.